The molecule has 3 rings (SSSR count). The van der Waals surface area contributed by atoms with E-state index in [1.165, 1.54) is 23.4 Å². The van der Waals surface area contributed by atoms with Gasteiger partial charge in [-0.1, -0.05) is 23.4 Å². The number of thioether (sulfide) groups is 1. The molecule has 1 heterocycles. The quantitative estimate of drug-likeness (QED) is 0.347. The van der Waals surface area contributed by atoms with Crippen LogP contribution in [0.25, 0.3) is 11.4 Å². The summed E-state index contributed by atoms with van der Waals surface area (Å²) in [4.78, 5) is 23.4. The number of nitrogen functional groups attached to an aromatic ring is 1. The van der Waals surface area contributed by atoms with Gasteiger partial charge in [0.1, 0.15) is 0 Å². The lowest BCUT2D eigenvalue weighted by molar-refractivity contribution is -0.115. The second-order valence-corrected chi connectivity index (χ2v) is 7.46. The van der Waals surface area contributed by atoms with Crippen LogP contribution in [-0.2, 0) is 4.79 Å². The van der Waals surface area contributed by atoms with Gasteiger partial charge < -0.3 is 11.2 Å². The van der Waals surface area contributed by atoms with E-state index in [-0.39, 0.29) is 18.1 Å². The zero-order valence-electron chi connectivity index (χ0n) is 15.1. The summed E-state index contributed by atoms with van der Waals surface area (Å²) in [6.07, 6.45) is 0.280. The van der Waals surface area contributed by atoms with Crippen LogP contribution in [0, 0.1) is 0 Å². The molecule has 0 bridgehead atoms. The van der Waals surface area contributed by atoms with Gasteiger partial charge >= 0.3 is 0 Å². The number of nitrogens with two attached hydrogens (primary N) is 1. The monoisotopic (exact) mass is 415 g/mol. The highest BCUT2D eigenvalue weighted by Gasteiger charge is 2.13. The van der Waals surface area contributed by atoms with E-state index in [4.69, 9.17) is 17.4 Å². The molecule has 0 spiro atoms. The highest BCUT2D eigenvalue weighted by Crippen LogP contribution is 2.23. The van der Waals surface area contributed by atoms with Crippen LogP contribution in [0.4, 0.5) is 5.69 Å². The molecule has 0 radical (unpaired) electrons. The minimum atomic E-state index is -0.135. The van der Waals surface area contributed by atoms with Gasteiger partial charge in [0.25, 0.3) is 0 Å². The number of hydrogen-bond acceptors (Lipinski definition) is 6. The van der Waals surface area contributed by atoms with Crippen LogP contribution in [0.5, 0.6) is 0 Å². The highest BCUT2D eigenvalue weighted by atomic mass is 35.5. The number of carbonyl (C=O) groups is 2. The third-order valence-electron chi connectivity index (χ3n) is 3.90. The maximum absolute atomic E-state index is 12.1. The largest absolute Gasteiger partial charge is 0.335 e. The minimum absolute atomic E-state index is 0.0156. The SMILES string of the molecule is CC(=O)c1ccc(NC(=O)CCSc2nnc(-c3ccc(Cl)cc3)n2N)cc1. The summed E-state index contributed by atoms with van der Waals surface area (Å²) >= 11 is 7.23. The Morgan fingerprint density at radius 2 is 1.79 bits per heavy atom. The molecule has 0 atom stereocenters. The van der Waals surface area contributed by atoms with Crippen molar-refractivity contribution in [1.29, 1.82) is 0 Å². The van der Waals surface area contributed by atoms with E-state index in [9.17, 15) is 9.59 Å². The minimum Gasteiger partial charge on any atom is -0.335 e. The average Bonchev–Trinajstić information content (AvgIpc) is 3.03. The molecule has 1 amide bonds. The van der Waals surface area contributed by atoms with Gasteiger partial charge in [0.05, 0.1) is 0 Å². The molecule has 0 aliphatic carbocycles. The number of aromatic nitrogens is 3. The number of Topliss-reactive ketones (excluding diaryl/α,β-unsaturated/α-hetero) is 1. The van der Waals surface area contributed by atoms with Crippen LogP contribution in [0.15, 0.2) is 53.7 Å². The first-order chi connectivity index (χ1) is 13.4. The van der Waals surface area contributed by atoms with Gasteiger partial charge in [-0.2, -0.15) is 0 Å². The summed E-state index contributed by atoms with van der Waals surface area (Å²) in [6, 6.07) is 13.9. The normalized spacial score (nSPS) is 10.6. The Hall–Kier alpha value is -2.84. The fourth-order valence-electron chi connectivity index (χ4n) is 2.42. The first-order valence-electron chi connectivity index (χ1n) is 8.44. The van der Waals surface area contributed by atoms with Gasteiger partial charge in [-0.05, 0) is 55.5 Å². The van der Waals surface area contributed by atoms with Crippen LogP contribution in [0.1, 0.15) is 23.7 Å². The summed E-state index contributed by atoms with van der Waals surface area (Å²) in [5.41, 5.74) is 2.05. The second kappa shape index (κ2) is 8.90. The van der Waals surface area contributed by atoms with Crippen LogP contribution in [-0.4, -0.2) is 32.3 Å². The molecule has 2 aromatic carbocycles. The van der Waals surface area contributed by atoms with Gasteiger partial charge in [0.15, 0.2) is 11.6 Å². The molecule has 0 aliphatic heterocycles. The van der Waals surface area contributed by atoms with E-state index in [0.717, 1.165) is 5.56 Å². The van der Waals surface area contributed by atoms with Gasteiger partial charge in [-0.25, -0.2) is 4.68 Å². The van der Waals surface area contributed by atoms with Crippen molar-refractivity contribution in [2.45, 2.75) is 18.5 Å². The first-order valence-corrected chi connectivity index (χ1v) is 9.80. The number of ketones is 1. The number of carbonyl (C=O) groups excluding carboxylic acids is 2. The summed E-state index contributed by atoms with van der Waals surface area (Å²) in [5, 5.41) is 12.1. The molecule has 1 aromatic heterocycles. The van der Waals surface area contributed by atoms with E-state index in [0.29, 0.717) is 33.0 Å². The molecule has 0 fully saturated rings. The molecule has 7 nitrogen and oxygen atoms in total. The molecule has 0 unspecified atom stereocenters. The highest BCUT2D eigenvalue weighted by molar-refractivity contribution is 7.99. The Morgan fingerprint density at radius 3 is 2.43 bits per heavy atom. The fraction of sp³-hybridized carbons (Fsp3) is 0.158. The van der Waals surface area contributed by atoms with E-state index >= 15 is 0 Å². The lowest BCUT2D eigenvalue weighted by Crippen LogP contribution is -2.14. The smallest absolute Gasteiger partial charge is 0.225 e. The number of halogens is 1. The van der Waals surface area contributed by atoms with Crippen LogP contribution >= 0.6 is 23.4 Å². The molecule has 0 saturated heterocycles. The van der Waals surface area contributed by atoms with Gasteiger partial charge in [-0.15, -0.1) is 10.2 Å². The topological polar surface area (TPSA) is 103 Å². The predicted molar refractivity (Wildman–Crippen MR) is 111 cm³/mol. The average molecular weight is 416 g/mol. The van der Waals surface area contributed by atoms with Crippen LogP contribution in [0.3, 0.4) is 0 Å². The Kier molecular flexibility index (Phi) is 6.33. The maximum atomic E-state index is 12.1. The van der Waals surface area contributed by atoms with Gasteiger partial charge in [-0.3, -0.25) is 9.59 Å². The van der Waals surface area contributed by atoms with Crippen molar-refractivity contribution in [3.05, 3.63) is 59.1 Å². The molecule has 0 saturated carbocycles. The molecule has 144 valence electrons. The third kappa shape index (κ3) is 4.90. The van der Waals surface area contributed by atoms with Gasteiger partial charge in [0, 0.05) is 34.0 Å². The van der Waals surface area contributed by atoms with E-state index in [1.807, 2.05) is 12.1 Å². The molecule has 28 heavy (non-hydrogen) atoms. The number of amides is 1. The number of nitrogens with one attached hydrogen (secondary N) is 1. The van der Waals surface area contributed by atoms with Crippen LogP contribution < -0.4 is 11.2 Å². The third-order valence-corrected chi connectivity index (χ3v) is 5.10. The van der Waals surface area contributed by atoms with Crippen molar-refractivity contribution in [3.8, 4) is 11.4 Å². The van der Waals surface area contributed by atoms with Crippen molar-refractivity contribution in [3.63, 3.8) is 0 Å². The summed E-state index contributed by atoms with van der Waals surface area (Å²) < 4.78 is 1.40. The molecule has 9 heteroatoms. The molecular weight excluding hydrogens is 398 g/mol. The summed E-state index contributed by atoms with van der Waals surface area (Å²) in [7, 11) is 0. The number of benzene rings is 2. The maximum Gasteiger partial charge on any atom is 0.225 e. The molecule has 3 N–H and O–H groups in total. The summed E-state index contributed by atoms with van der Waals surface area (Å²) in [6.45, 7) is 1.50. The molecule has 0 aliphatic rings. The first kappa shape index (κ1) is 19.9. The van der Waals surface area contributed by atoms with E-state index < -0.39 is 0 Å². The number of nitrogens with zero attached hydrogens (tertiary/aromatic N) is 3. The zero-order chi connectivity index (χ0) is 20.1. The van der Waals surface area contributed by atoms with Crippen LogP contribution in [0.2, 0.25) is 5.02 Å². The lowest BCUT2D eigenvalue weighted by Gasteiger charge is -2.06. The lowest BCUT2D eigenvalue weighted by atomic mass is 10.1. The molecule has 3 aromatic rings. The van der Waals surface area contributed by atoms with Gasteiger partial charge in [0.2, 0.25) is 11.1 Å². The van der Waals surface area contributed by atoms with E-state index in [2.05, 4.69) is 15.5 Å². The standard InChI is InChI=1S/C19H18ClN5O2S/c1-12(26)13-4-8-16(9-5-13)22-17(27)10-11-28-19-24-23-18(25(19)21)14-2-6-15(20)7-3-14/h2-9H,10-11,21H2,1H3,(H,22,27). The van der Waals surface area contributed by atoms with Crippen molar-refractivity contribution in [2.24, 2.45) is 0 Å². The Bertz CT molecular complexity index is 987. The molecular formula is C19H18ClN5O2S. The number of rotatable bonds is 7. The number of hydrogen-bond donors (Lipinski definition) is 2. The predicted octanol–water partition coefficient (Wildman–Crippen LogP) is 3.64. The number of anilines is 1. The Morgan fingerprint density at radius 1 is 1.11 bits per heavy atom. The summed E-state index contributed by atoms with van der Waals surface area (Å²) in [5.74, 6) is 6.93. The van der Waals surface area contributed by atoms with Crippen molar-refractivity contribution >= 4 is 40.7 Å². The fourth-order valence-corrected chi connectivity index (χ4v) is 3.34. The van der Waals surface area contributed by atoms with E-state index in [1.54, 1.807) is 36.4 Å². The second-order valence-electron chi connectivity index (χ2n) is 5.96. The van der Waals surface area contributed by atoms with Crippen molar-refractivity contribution in [1.82, 2.24) is 14.9 Å². The Labute approximate surface area is 171 Å². The van der Waals surface area contributed by atoms with Crippen molar-refractivity contribution in [2.75, 3.05) is 16.9 Å². The zero-order valence-corrected chi connectivity index (χ0v) is 16.6. The van der Waals surface area contributed by atoms with Crippen molar-refractivity contribution < 1.29 is 9.59 Å². The Balaban J connectivity index is 1.53.